The highest BCUT2D eigenvalue weighted by atomic mass is 32.2. The van der Waals surface area contributed by atoms with Crippen molar-refractivity contribution in [3.05, 3.63) is 77.9 Å². The third kappa shape index (κ3) is 5.93. The van der Waals surface area contributed by atoms with E-state index in [9.17, 15) is 13.2 Å². The predicted octanol–water partition coefficient (Wildman–Crippen LogP) is 4.27. The van der Waals surface area contributed by atoms with Crippen LogP contribution in [-0.2, 0) is 10.0 Å². The number of sulfonamides is 1. The smallest absolute Gasteiger partial charge is 0.241 e. The van der Waals surface area contributed by atoms with Gasteiger partial charge in [-0.1, -0.05) is 73.9 Å². The number of carbonyl (C=O) groups excluding carboxylic acids is 1. The first-order valence-electron chi connectivity index (χ1n) is 8.79. The van der Waals surface area contributed by atoms with Gasteiger partial charge in [0.05, 0.1) is 4.90 Å². The Hall–Kier alpha value is -2.24. The highest BCUT2D eigenvalue weighted by Gasteiger charge is 2.18. The Morgan fingerprint density at radius 3 is 2.35 bits per heavy atom. The SMILES string of the molecule is CCCCC(/C=C/C(=O)c1ccccc1)NS(=O)(=O)c1ccc(C)cc1. The van der Waals surface area contributed by atoms with Crippen LogP contribution in [0.25, 0.3) is 0 Å². The molecule has 26 heavy (non-hydrogen) atoms. The topological polar surface area (TPSA) is 63.2 Å². The summed E-state index contributed by atoms with van der Waals surface area (Å²) in [5.74, 6) is -0.137. The largest absolute Gasteiger partial charge is 0.289 e. The molecule has 2 aromatic carbocycles. The molecule has 4 nitrogen and oxygen atoms in total. The van der Waals surface area contributed by atoms with Crippen LogP contribution in [0.15, 0.2) is 71.6 Å². The van der Waals surface area contributed by atoms with Crippen LogP contribution in [0.2, 0.25) is 0 Å². The first-order chi connectivity index (χ1) is 12.4. The van der Waals surface area contributed by atoms with E-state index >= 15 is 0 Å². The number of carbonyl (C=O) groups is 1. The molecule has 138 valence electrons. The van der Waals surface area contributed by atoms with Crippen LogP contribution in [-0.4, -0.2) is 20.2 Å². The van der Waals surface area contributed by atoms with E-state index in [2.05, 4.69) is 4.72 Å². The molecule has 2 rings (SSSR count). The summed E-state index contributed by atoms with van der Waals surface area (Å²) in [5, 5.41) is 0. The van der Waals surface area contributed by atoms with E-state index in [1.807, 2.05) is 19.9 Å². The molecule has 0 heterocycles. The Morgan fingerprint density at radius 2 is 1.73 bits per heavy atom. The normalized spacial score (nSPS) is 13.0. The Morgan fingerprint density at radius 1 is 1.08 bits per heavy atom. The Balaban J connectivity index is 2.14. The van der Waals surface area contributed by atoms with Crippen LogP contribution in [0, 0.1) is 6.92 Å². The second-order valence-corrected chi connectivity index (χ2v) is 7.99. The van der Waals surface area contributed by atoms with Crippen molar-refractivity contribution in [1.29, 1.82) is 0 Å². The van der Waals surface area contributed by atoms with E-state index in [0.717, 1.165) is 18.4 Å². The van der Waals surface area contributed by atoms with Gasteiger partial charge in [-0.15, -0.1) is 0 Å². The number of ketones is 1. The molecule has 0 fully saturated rings. The van der Waals surface area contributed by atoms with Gasteiger partial charge >= 0.3 is 0 Å². The molecule has 2 aromatic rings. The maximum Gasteiger partial charge on any atom is 0.241 e. The van der Waals surface area contributed by atoms with Crippen molar-refractivity contribution < 1.29 is 13.2 Å². The van der Waals surface area contributed by atoms with Gasteiger partial charge in [0.2, 0.25) is 10.0 Å². The average molecular weight is 372 g/mol. The van der Waals surface area contributed by atoms with E-state index in [1.54, 1.807) is 54.6 Å². The molecular weight excluding hydrogens is 346 g/mol. The second-order valence-electron chi connectivity index (χ2n) is 6.27. The van der Waals surface area contributed by atoms with Crippen molar-refractivity contribution in [2.45, 2.75) is 44.0 Å². The summed E-state index contributed by atoms with van der Waals surface area (Å²) in [6, 6.07) is 15.2. The molecule has 0 amide bonds. The van der Waals surface area contributed by atoms with Gasteiger partial charge < -0.3 is 0 Å². The maximum absolute atomic E-state index is 12.6. The number of unbranched alkanes of at least 4 members (excludes halogenated alkanes) is 1. The van der Waals surface area contributed by atoms with Crippen LogP contribution >= 0.6 is 0 Å². The fourth-order valence-corrected chi connectivity index (χ4v) is 3.73. The lowest BCUT2D eigenvalue weighted by atomic mass is 10.1. The number of allylic oxidation sites excluding steroid dienone is 1. The number of hydrogen-bond donors (Lipinski definition) is 1. The van der Waals surface area contributed by atoms with E-state index in [-0.39, 0.29) is 10.7 Å². The average Bonchev–Trinajstić information content (AvgIpc) is 2.64. The quantitative estimate of drug-likeness (QED) is 0.529. The molecule has 0 aliphatic rings. The van der Waals surface area contributed by atoms with Gasteiger partial charge in [-0.3, -0.25) is 4.79 Å². The van der Waals surface area contributed by atoms with Crippen LogP contribution in [0.5, 0.6) is 0 Å². The lowest BCUT2D eigenvalue weighted by Crippen LogP contribution is -2.33. The number of aryl methyl sites for hydroxylation is 1. The molecular formula is C21H25NO3S. The summed E-state index contributed by atoms with van der Waals surface area (Å²) in [6.07, 6.45) is 5.55. The number of rotatable bonds is 9. The molecule has 5 heteroatoms. The van der Waals surface area contributed by atoms with E-state index in [0.29, 0.717) is 12.0 Å². The second kappa shape index (κ2) is 9.46. The van der Waals surface area contributed by atoms with Crippen molar-refractivity contribution >= 4 is 15.8 Å². The zero-order chi connectivity index (χ0) is 19.0. The van der Waals surface area contributed by atoms with Gasteiger partial charge in [-0.05, 0) is 31.6 Å². The van der Waals surface area contributed by atoms with Gasteiger partial charge in [0.15, 0.2) is 5.78 Å². The fourth-order valence-electron chi connectivity index (χ4n) is 2.51. The minimum absolute atomic E-state index is 0.137. The van der Waals surface area contributed by atoms with Crippen LogP contribution in [0.1, 0.15) is 42.1 Å². The lowest BCUT2D eigenvalue weighted by Gasteiger charge is -2.15. The first kappa shape index (κ1) is 20.1. The number of benzene rings is 2. The molecule has 0 saturated heterocycles. The molecule has 0 spiro atoms. The van der Waals surface area contributed by atoms with Crippen molar-refractivity contribution in [1.82, 2.24) is 4.72 Å². The van der Waals surface area contributed by atoms with Crippen molar-refractivity contribution in [3.63, 3.8) is 0 Å². The first-order valence-corrected chi connectivity index (χ1v) is 10.3. The third-order valence-corrected chi connectivity index (χ3v) is 5.55. The van der Waals surface area contributed by atoms with Crippen molar-refractivity contribution in [2.75, 3.05) is 0 Å². The molecule has 0 saturated carbocycles. The summed E-state index contributed by atoms with van der Waals surface area (Å²) in [5.41, 5.74) is 1.58. The summed E-state index contributed by atoms with van der Waals surface area (Å²) in [6.45, 7) is 3.95. The molecule has 0 aliphatic carbocycles. The Labute approximate surface area is 156 Å². The molecule has 1 unspecified atom stereocenters. The summed E-state index contributed by atoms with van der Waals surface area (Å²) >= 11 is 0. The van der Waals surface area contributed by atoms with E-state index in [1.165, 1.54) is 6.08 Å². The number of hydrogen-bond acceptors (Lipinski definition) is 3. The summed E-state index contributed by atoms with van der Waals surface area (Å²) in [7, 11) is -3.63. The molecule has 0 bridgehead atoms. The predicted molar refractivity (Wildman–Crippen MR) is 105 cm³/mol. The number of nitrogens with one attached hydrogen (secondary N) is 1. The fraction of sp³-hybridized carbons (Fsp3) is 0.286. The highest BCUT2D eigenvalue weighted by Crippen LogP contribution is 2.13. The van der Waals surface area contributed by atoms with Crippen LogP contribution in [0.3, 0.4) is 0 Å². The molecule has 0 radical (unpaired) electrons. The maximum atomic E-state index is 12.6. The Kier molecular flexibility index (Phi) is 7.30. The molecule has 0 aliphatic heterocycles. The van der Waals surface area contributed by atoms with Crippen molar-refractivity contribution in [3.8, 4) is 0 Å². The molecule has 1 N–H and O–H groups in total. The molecule has 0 aromatic heterocycles. The van der Waals surface area contributed by atoms with Crippen molar-refractivity contribution in [2.24, 2.45) is 0 Å². The van der Waals surface area contributed by atoms with E-state index < -0.39 is 16.1 Å². The van der Waals surface area contributed by atoms with Crippen LogP contribution < -0.4 is 4.72 Å². The van der Waals surface area contributed by atoms with Gasteiger partial charge in [0.25, 0.3) is 0 Å². The van der Waals surface area contributed by atoms with Gasteiger partial charge in [-0.25, -0.2) is 13.1 Å². The third-order valence-electron chi connectivity index (χ3n) is 4.04. The zero-order valence-corrected chi connectivity index (χ0v) is 16.0. The standard InChI is InChI=1S/C21H25NO3S/c1-3-4-10-19(13-16-21(23)18-8-6-5-7-9-18)22-26(24,25)20-14-11-17(2)12-15-20/h5-9,11-16,19,22H,3-4,10H2,1-2H3/b16-13+. The Bertz CT molecular complexity index is 841. The van der Waals surface area contributed by atoms with Gasteiger partial charge in [0.1, 0.15) is 0 Å². The van der Waals surface area contributed by atoms with Crippen LogP contribution in [0.4, 0.5) is 0 Å². The molecule has 1 atom stereocenters. The zero-order valence-electron chi connectivity index (χ0n) is 15.2. The monoisotopic (exact) mass is 371 g/mol. The van der Waals surface area contributed by atoms with Gasteiger partial charge in [0, 0.05) is 11.6 Å². The minimum atomic E-state index is -3.63. The summed E-state index contributed by atoms with van der Waals surface area (Å²) < 4.78 is 27.9. The van der Waals surface area contributed by atoms with Gasteiger partial charge in [-0.2, -0.15) is 0 Å². The summed E-state index contributed by atoms with van der Waals surface area (Å²) in [4.78, 5) is 12.5. The minimum Gasteiger partial charge on any atom is -0.289 e. The lowest BCUT2D eigenvalue weighted by molar-refractivity contribution is 0.104. The van der Waals surface area contributed by atoms with E-state index in [4.69, 9.17) is 0 Å². The highest BCUT2D eigenvalue weighted by molar-refractivity contribution is 7.89.